The number of hydrogen-bond donors (Lipinski definition) is 0. The molecule has 156 valence electrons. The number of nitrogens with zero attached hydrogens (tertiary/aromatic N) is 2. The van der Waals surface area contributed by atoms with Crippen molar-refractivity contribution in [2.75, 3.05) is 17.1 Å². The van der Waals surface area contributed by atoms with E-state index < -0.39 is 18.1 Å². The predicted octanol–water partition coefficient (Wildman–Crippen LogP) is 4.05. The Morgan fingerprint density at radius 1 is 0.839 bits per heavy atom. The van der Waals surface area contributed by atoms with Gasteiger partial charge < -0.3 is 4.74 Å². The summed E-state index contributed by atoms with van der Waals surface area (Å²) >= 11 is 0. The molecular formula is C25H22N2O4. The molecule has 5 rings (SSSR count). The second-order valence-corrected chi connectivity index (χ2v) is 7.73. The summed E-state index contributed by atoms with van der Waals surface area (Å²) < 4.78 is 5.28. The number of para-hydroxylation sites is 2. The van der Waals surface area contributed by atoms with Gasteiger partial charge in [0.1, 0.15) is 11.7 Å². The molecule has 2 fully saturated rings. The minimum absolute atomic E-state index is 0.247. The second-order valence-electron chi connectivity index (χ2n) is 7.73. The highest BCUT2D eigenvalue weighted by Gasteiger charge is 2.60. The van der Waals surface area contributed by atoms with Crippen molar-refractivity contribution < 1.29 is 19.2 Å². The van der Waals surface area contributed by atoms with Gasteiger partial charge in [-0.05, 0) is 48.4 Å². The van der Waals surface area contributed by atoms with E-state index in [4.69, 9.17) is 9.57 Å². The Morgan fingerprint density at radius 3 is 2.19 bits per heavy atom. The van der Waals surface area contributed by atoms with Crippen LogP contribution in [0, 0.1) is 12.8 Å². The number of rotatable bonds is 4. The van der Waals surface area contributed by atoms with Gasteiger partial charge in [-0.15, -0.1) is 0 Å². The molecular weight excluding hydrogens is 392 g/mol. The lowest BCUT2D eigenvalue weighted by Gasteiger charge is -2.29. The third kappa shape index (κ3) is 3.07. The number of imide groups is 1. The van der Waals surface area contributed by atoms with Crippen LogP contribution in [0.25, 0.3) is 0 Å². The average Bonchev–Trinajstić information content (AvgIpc) is 3.31. The zero-order valence-electron chi connectivity index (χ0n) is 17.3. The Morgan fingerprint density at radius 2 is 1.52 bits per heavy atom. The van der Waals surface area contributed by atoms with E-state index in [9.17, 15) is 9.59 Å². The molecule has 3 atom stereocenters. The number of carbonyl (C=O) groups excluding carboxylic acids is 2. The van der Waals surface area contributed by atoms with E-state index in [1.165, 1.54) is 4.90 Å². The summed E-state index contributed by atoms with van der Waals surface area (Å²) in [4.78, 5) is 34.4. The lowest BCUT2D eigenvalue weighted by molar-refractivity contribution is -0.126. The van der Waals surface area contributed by atoms with E-state index in [1.807, 2.05) is 79.7 Å². The van der Waals surface area contributed by atoms with Gasteiger partial charge in [-0.1, -0.05) is 48.5 Å². The third-order valence-corrected chi connectivity index (χ3v) is 5.94. The minimum Gasteiger partial charge on any atom is -0.497 e. The van der Waals surface area contributed by atoms with E-state index in [1.54, 1.807) is 18.2 Å². The van der Waals surface area contributed by atoms with E-state index >= 15 is 0 Å². The summed E-state index contributed by atoms with van der Waals surface area (Å²) in [6.07, 6.45) is -0.876. The Balaban J connectivity index is 1.59. The van der Waals surface area contributed by atoms with Gasteiger partial charge in [0.05, 0.1) is 24.5 Å². The van der Waals surface area contributed by atoms with Crippen molar-refractivity contribution in [2.24, 2.45) is 5.92 Å². The van der Waals surface area contributed by atoms with Gasteiger partial charge in [0.2, 0.25) is 5.91 Å². The number of aryl methyl sites for hydroxylation is 1. The lowest BCUT2D eigenvalue weighted by Crippen LogP contribution is -2.37. The molecule has 0 aliphatic carbocycles. The molecule has 3 aromatic carbocycles. The maximum absolute atomic E-state index is 13.6. The largest absolute Gasteiger partial charge is 0.497 e. The standard InChI is InChI=1S/C25H22N2O4/c1-16-8-6-7-11-20(16)26-24(28)21-22(17-12-14-19(30-2)15-13-17)27(31-23(21)25(26)29)18-9-4-3-5-10-18/h3-15,21-23H,1-2H3/t21-,22+,23-/m1/s1. The third-order valence-electron chi connectivity index (χ3n) is 5.94. The maximum Gasteiger partial charge on any atom is 0.266 e. The number of amides is 2. The SMILES string of the molecule is COc1ccc([C@H]2[C@H]3C(=O)N(c4ccccc4C)C(=O)[C@@H]3ON2c2ccccc2)cc1. The highest BCUT2D eigenvalue weighted by Crippen LogP contribution is 2.48. The number of hydrogen-bond acceptors (Lipinski definition) is 5. The molecule has 2 amide bonds. The van der Waals surface area contributed by atoms with Gasteiger partial charge >= 0.3 is 0 Å². The Labute approximate surface area is 180 Å². The molecule has 6 nitrogen and oxygen atoms in total. The molecule has 0 radical (unpaired) electrons. The van der Waals surface area contributed by atoms with Crippen LogP contribution in [0.2, 0.25) is 0 Å². The molecule has 3 aromatic rings. The molecule has 0 N–H and O–H groups in total. The van der Waals surface area contributed by atoms with E-state index in [2.05, 4.69) is 0 Å². The smallest absolute Gasteiger partial charge is 0.266 e. The van der Waals surface area contributed by atoms with Crippen molar-refractivity contribution in [3.05, 3.63) is 90.0 Å². The molecule has 2 aliphatic rings. The normalized spacial score (nSPS) is 22.7. The quantitative estimate of drug-likeness (QED) is 0.603. The van der Waals surface area contributed by atoms with Crippen molar-refractivity contribution >= 4 is 23.2 Å². The molecule has 0 unspecified atom stereocenters. The van der Waals surface area contributed by atoms with Crippen LogP contribution in [0.1, 0.15) is 17.2 Å². The molecule has 0 aromatic heterocycles. The van der Waals surface area contributed by atoms with Gasteiger partial charge in [-0.2, -0.15) is 0 Å². The maximum atomic E-state index is 13.6. The topological polar surface area (TPSA) is 59.1 Å². The fraction of sp³-hybridized carbons (Fsp3) is 0.200. The average molecular weight is 414 g/mol. The van der Waals surface area contributed by atoms with Crippen LogP contribution in [-0.2, 0) is 14.4 Å². The van der Waals surface area contributed by atoms with Gasteiger partial charge in [0.15, 0.2) is 6.10 Å². The van der Waals surface area contributed by atoms with Gasteiger partial charge in [-0.3, -0.25) is 14.4 Å². The lowest BCUT2D eigenvalue weighted by atomic mass is 9.90. The van der Waals surface area contributed by atoms with Crippen molar-refractivity contribution in [3.63, 3.8) is 0 Å². The molecule has 2 saturated heterocycles. The van der Waals surface area contributed by atoms with Crippen molar-refractivity contribution in [1.29, 1.82) is 0 Å². The Bertz CT molecular complexity index is 1130. The van der Waals surface area contributed by atoms with Gasteiger partial charge in [0, 0.05) is 0 Å². The summed E-state index contributed by atoms with van der Waals surface area (Å²) in [6.45, 7) is 1.89. The van der Waals surface area contributed by atoms with Crippen LogP contribution in [-0.4, -0.2) is 25.0 Å². The summed E-state index contributed by atoms with van der Waals surface area (Å²) in [5.41, 5.74) is 3.14. The fourth-order valence-corrected chi connectivity index (χ4v) is 4.41. The predicted molar refractivity (Wildman–Crippen MR) is 117 cm³/mol. The molecule has 0 bridgehead atoms. The number of hydroxylamine groups is 1. The van der Waals surface area contributed by atoms with Crippen LogP contribution < -0.4 is 14.7 Å². The van der Waals surface area contributed by atoms with Crippen LogP contribution in [0.5, 0.6) is 5.75 Å². The minimum atomic E-state index is -0.876. The van der Waals surface area contributed by atoms with Crippen LogP contribution in [0.3, 0.4) is 0 Å². The van der Waals surface area contributed by atoms with Crippen molar-refractivity contribution in [3.8, 4) is 5.75 Å². The van der Waals surface area contributed by atoms with Crippen LogP contribution in [0.4, 0.5) is 11.4 Å². The zero-order chi connectivity index (χ0) is 21.5. The summed E-state index contributed by atoms with van der Waals surface area (Å²) in [5, 5.41) is 1.70. The summed E-state index contributed by atoms with van der Waals surface area (Å²) in [5.74, 6) is -0.508. The first kappa shape index (κ1) is 19.3. The van der Waals surface area contributed by atoms with Crippen LogP contribution >= 0.6 is 0 Å². The first-order valence-corrected chi connectivity index (χ1v) is 10.2. The first-order chi connectivity index (χ1) is 15.1. The van der Waals surface area contributed by atoms with E-state index in [0.717, 1.165) is 22.6 Å². The molecule has 0 spiro atoms. The number of ether oxygens (including phenoxy) is 1. The number of methoxy groups -OCH3 is 1. The van der Waals surface area contributed by atoms with Crippen LogP contribution in [0.15, 0.2) is 78.9 Å². The zero-order valence-corrected chi connectivity index (χ0v) is 17.3. The summed E-state index contributed by atoms with van der Waals surface area (Å²) in [7, 11) is 1.61. The molecule has 0 saturated carbocycles. The number of benzene rings is 3. The number of fused-ring (bicyclic) bond motifs is 1. The van der Waals surface area contributed by atoms with Gasteiger partial charge in [-0.25, -0.2) is 9.96 Å². The molecule has 6 heteroatoms. The molecule has 31 heavy (non-hydrogen) atoms. The van der Waals surface area contributed by atoms with Crippen molar-refractivity contribution in [2.45, 2.75) is 19.1 Å². The first-order valence-electron chi connectivity index (χ1n) is 10.2. The Hall–Kier alpha value is -3.64. The van der Waals surface area contributed by atoms with Crippen molar-refractivity contribution in [1.82, 2.24) is 0 Å². The van der Waals surface area contributed by atoms with E-state index in [0.29, 0.717) is 5.69 Å². The highest BCUT2D eigenvalue weighted by molar-refractivity contribution is 6.24. The van der Waals surface area contributed by atoms with Gasteiger partial charge in [0.25, 0.3) is 5.91 Å². The highest BCUT2D eigenvalue weighted by atomic mass is 16.7. The second kappa shape index (κ2) is 7.56. The van der Waals surface area contributed by atoms with E-state index in [-0.39, 0.29) is 11.8 Å². The number of anilines is 2. The number of carbonyl (C=O) groups is 2. The Kier molecular flexibility index (Phi) is 4.71. The molecule has 2 aliphatic heterocycles. The fourth-order valence-electron chi connectivity index (χ4n) is 4.41. The molecule has 2 heterocycles. The monoisotopic (exact) mass is 414 g/mol. The summed E-state index contributed by atoms with van der Waals surface area (Å²) in [6, 6.07) is 24.0.